The Morgan fingerprint density at radius 1 is 1.25 bits per heavy atom. The maximum atomic E-state index is 12.2. The summed E-state index contributed by atoms with van der Waals surface area (Å²) in [5, 5.41) is 3.25. The van der Waals surface area contributed by atoms with E-state index in [1.54, 1.807) is 24.3 Å². The van der Waals surface area contributed by atoms with Gasteiger partial charge in [0.15, 0.2) is 0 Å². The van der Waals surface area contributed by atoms with Crippen molar-refractivity contribution in [3.8, 4) is 5.75 Å². The van der Waals surface area contributed by atoms with Crippen LogP contribution in [0.1, 0.15) is 6.92 Å². The predicted octanol–water partition coefficient (Wildman–Crippen LogP) is 1.00. The molecule has 0 bridgehead atoms. The average molecular weight is 319 g/mol. The van der Waals surface area contributed by atoms with Gasteiger partial charge in [0.1, 0.15) is 5.75 Å². The van der Waals surface area contributed by atoms with Crippen LogP contribution in [0.3, 0.4) is 0 Å². The van der Waals surface area contributed by atoms with Gasteiger partial charge in [0.25, 0.3) is 0 Å². The topological polar surface area (TPSA) is 67.4 Å². The van der Waals surface area contributed by atoms with E-state index in [2.05, 4.69) is 10.0 Å². The molecule has 20 heavy (non-hydrogen) atoms. The number of ether oxygens (including phenoxy) is 1. The molecule has 112 valence electrons. The number of benzene rings is 1. The Labute approximate surface area is 125 Å². The Hall–Kier alpha value is -0.820. The summed E-state index contributed by atoms with van der Waals surface area (Å²) in [6, 6.07) is 6.66. The zero-order valence-electron chi connectivity index (χ0n) is 11.2. The highest BCUT2D eigenvalue weighted by molar-refractivity contribution is 7.89. The summed E-state index contributed by atoms with van der Waals surface area (Å²) in [5.41, 5.74) is 0. The zero-order chi connectivity index (χ0) is 13.5. The lowest BCUT2D eigenvalue weighted by molar-refractivity contribution is 0.340. The zero-order valence-corrected chi connectivity index (χ0v) is 12.8. The number of hydrogen-bond acceptors (Lipinski definition) is 4. The van der Waals surface area contributed by atoms with E-state index < -0.39 is 10.0 Å². The first kappa shape index (κ1) is 15.6. The molecule has 0 amide bonds. The molecule has 7 heteroatoms. The van der Waals surface area contributed by atoms with Gasteiger partial charge >= 0.3 is 0 Å². The molecule has 1 aromatic carbocycles. The molecule has 0 spiro atoms. The van der Waals surface area contributed by atoms with Gasteiger partial charge in [-0.15, -0.1) is 12.4 Å². The van der Waals surface area contributed by atoms with E-state index in [1.165, 1.54) is 0 Å². The van der Waals surface area contributed by atoms with Gasteiger partial charge in [0.2, 0.25) is 10.0 Å². The second kappa shape index (κ2) is 5.89. The van der Waals surface area contributed by atoms with E-state index >= 15 is 0 Å². The van der Waals surface area contributed by atoms with Crippen molar-refractivity contribution in [3.63, 3.8) is 0 Å². The van der Waals surface area contributed by atoms with E-state index in [0.29, 0.717) is 29.1 Å². The Kier molecular flexibility index (Phi) is 4.59. The van der Waals surface area contributed by atoms with Crippen LogP contribution in [-0.2, 0) is 10.0 Å². The predicted molar refractivity (Wildman–Crippen MR) is 78.8 cm³/mol. The summed E-state index contributed by atoms with van der Waals surface area (Å²) in [4.78, 5) is 0.300. The molecule has 1 aliphatic carbocycles. The van der Waals surface area contributed by atoms with Crippen molar-refractivity contribution in [3.05, 3.63) is 24.3 Å². The number of rotatable bonds is 5. The van der Waals surface area contributed by atoms with Gasteiger partial charge < -0.3 is 10.1 Å². The van der Waals surface area contributed by atoms with Gasteiger partial charge in [-0.1, -0.05) is 0 Å². The SMILES string of the molecule is CCOc1ccc(S(=O)(=O)NC2C3CNCC32)cc1.Cl. The van der Waals surface area contributed by atoms with Crippen molar-refractivity contribution < 1.29 is 13.2 Å². The molecule has 5 nitrogen and oxygen atoms in total. The number of fused-ring (bicyclic) bond motifs is 1. The second-order valence-electron chi connectivity index (χ2n) is 5.04. The van der Waals surface area contributed by atoms with E-state index in [9.17, 15) is 8.42 Å². The van der Waals surface area contributed by atoms with Crippen LogP contribution in [0.25, 0.3) is 0 Å². The molecule has 1 aliphatic heterocycles. The molecule has 1 aromatic rings. The van der Waals surface area contributed by atoms with Crippen molar-refractivity contribution in [1.82, 2.24) is 10.0 Å². The largest absolute Gasteiger partial charge is 0.494 e. The fraction of sp³-hybridized carbons (Fsp3) is 0.538. The number of halogens is 1. The summed E-state index contributed by atoms with van der Waals surface area (Å²) in [6.45, 7) is 4.30. The highest BCUT2D eigenvalue weighted by Gasteiger charge is 2.54. The van der Waals surface area contributed by atoms with E-state index in [4.69, 9.17) is 4.74 Å². The average Bonchev–Trinajstić information content (AvgIpc) is 2.84. The molecular formula is C13H19ClN2O3S. The third-order valence-electron chi connectivity index (χ3n) is 3.83. The smallest absolute Gasteiger partial charge is 0.240 e. The lowest BCUT2D eigenvalue weighted by Crippen LogP contribution is -2.32. The normalized spacial score (nSPS) is 27.6. The fourth-order valence-electron chi connectivity index (χ4n) is 2.72. The lowest BCUT2D eigenvalue weighted by Gasteiger charge is -2.09. The minimum absolute atomic E-state index is 0. The van der Waals surface area contributed by atoms with Crippen LogP contribution in [0.4, 0.5) is 0 Å². The number of sulfonamides is 1. The van der Waals surface area contributed by atoms with Crippen molar-refractivity contribution in [2.75, 3.05) is 19.7 Å². The van der Waals surface area contributed by atoms with Gasteiger partial charge in [-0.2, -0.15) is 0 Å². The molecule has 1 heterocycles. The molecule has 2 fully saturated rings. The van der Waals surface area contributed by atoms with Gasteiger partial charge in [-0.25, -0.2) is 13.1 Å². The third-order valence-corrected chi connectivity index (χ3v) is 5.30. The summed E-state index contributed by atoms with van der Waals surface area (Å²) < 4.78 is 32.5. The van der Waals surface area contributed by atoms with Crippen molar-refractivity contribution in [1.29, 1.82) is 0 Å². The Balaban J connectivity index is 0.00000147. The number of nitrogens with one attached hydrogen (secondary N) is 2. The molecule has 2 atom stereocenters. The third kappa shape index (κ3) is 2.93. The summed E-state index contributed by atoms with van der Waals surface area (Å²) >= 11 is 0. The van der Waals surface area contributed by atoms with Crippen LogP contribution in [-0.4, -0.2) is 34.2 Å². The molecule has 1 saturated heterocycles. The maximum absolute atomic E-state index is 12.2. The molecule has 2 aliphatic rings. The van der Waals surface area contributed by atoms with Crippen LogP contribution in [0.2, 0.25) is 0 Å². The van der Waals surface area contributed by atoms with Crippen molar-refractivity contribution >= 4 is 22.4 Å². The highest BCUT2D eigenvalue weighted by atomic mass is 35.5. The minimum Gasteiger partial charge on any atom is -0.494 e. The molecule has 0 radical (unpaired) electrons. The van der Waals surface area contributed by atoms with Gasteiger partial charge in [-0.3, -0.25) is 0 Å². The maximum Gasteiger partial charge on any atom is 0.240 e. The Morgan fingerprint density at radius 3 is 2.40 bits per heavy atom. The quantitative estimate of drug-likeness (QED) is 0.850. The highest BCUT2D eigenvalue weighted by Crippen LogP contribution is 2.42. The monoisotopic (exact) mass is 318 g/mol. The molecule has 1 saturated carbocycles. The van der Waals surface area contributed by atoms with Crippen LogP contribution in [0.5, 0.6) is 5.75 Å². The minimum atomic E-state index is -3.40. The van der Waals surface area contributed by atoms with E-state index in [1.807, 2.05) is 6.92 Å². The van der Waals surface area contributed by atoms with E-state index in [-0.39, 0.29) is 18.4 Å². The Morgan fingerprint density at radius 2 is 1.85 bits per heavy atom. The summed E-state index contributed by atoms with van der Waals surface area (Å²) in [6.07, 6.45) is 0. The number of hydrogen-bond donors (Lipinski definition) is 2. The van der Waals surface area contributed by atoms with Crippen LogP contribution < -0.4 is 14.8 Å². The standard InChI is InChI=1S/C13H18N2O3S.ClH/c1-2-18-9-3-5-10(6-4-9)19(16,17)15-13-11-7-14-8-12(11)13;/h3-6,11-15H,2,7-8H2,1H3;1H. The van der Waals surface area contributed by atoms with Gasteiger partial charge in [0.05, 0.1) is 11.5 Å². The first-order valence-corrected chi connectivity index (χ1v) is 8.06. The molecule has 3 rings (SSSR count). The van der Waals surface area contributed by atoms with E-state index in [0.717, 1.165) is 13.1 Å². The Bertz CT molecular complexity index is 551. The van der Waals surface area contributed by atoms with Crippen LogP contribution in [0, 0.1) is 11.8 Å². The molecular weight excluding hydrogens is 300 g/mol. The molecule has 2 N–H and O–H groups in total. The summed E-state index contributed by atoms with van der Waals surface area (Å²) in [5.74, 6) is 1.63. The first-order chi connectivity index (χ1) is 9.12. The van der Waals surface area contributed by atoms with Crippen molar-refractivity contribution in [2.45, 2.75) is 17.9 Å². The molecule has 0 aromatic heterocycles. The second-order valence-corrected chi connectivity index (χ2v) is 6.75. The van der Waals surface area contributed by atoms with Crippen LogP contribution >= 0.6 is 12.4 Å². The van der Waals surface area contributed by atoms with Gasteiger partial charge in [0, 0.05) is 6.04 Å². The first-order valence-electron chi connectivity index (χ1n) is 6.58. The van der Waals surface area contributed by atoms with Gasteiger partial charge in [-0.05, 0) is 56.1 Å². The van der Waals surface area contributed by atoms with Crippen molar-refractivity contribution in [2.24, 2.45) is 11.8 Å². The fourth-order valence-corrected chi connectivity index (χ4v) is 4.06. The van der Waals surface area contributed by atoms with Crippen LogP contribution in [0.15, 0.2) is 29.2 Å². The number of piperidine rings is 1. The lowest BCUT2D eigenvalue weighted by atomic mass is 10.3. The molecule has 2 unspecified atom stereocenters. The summed E-state index contributed by atoms with van der Waals surface area (Å²) in [7, 11) is -3.40.